The van der Waals surface area contributed by atoms with Gasteiger partial charge < -0.3 is 5.73 Å². The highest BCUT2D eigenvalue weighted by molar-refractivity contribution is 9.10. The molecule has 14 heavy (non-hydrogen) atoms. The fourth-order valence-electron chi connectivity index (χ4n) is 2.35. The minimum absolute atomic E-state index is 0.324. The molecule has 1 saturated carbocycles. The van der Waals surface area contributed by atoms with Gasteiger partial charge in [-0.1, -0.05) is 13.8 Å². The summed E-state index contributed by atoms with van der Waals surface area (Å²) in [5.41, 5.74) is 6.42. The summed E-state index contributed by atoms with van der Waals surface area (Å²) in [7, 11) is 0. The summed E-state index contributed by atoms with van der Waals surface area (Å²) < 4.78 is 1.21. The molecular weight excluding hydrogens is 258 g/mol. The topological polar surface area (TPSA) is 26.0 Å². The third kappa shape index (κ3) is 1.46. The van der Waals surface area contributed by atoms with Gasteiger partial charge >= 0.3 is 0 Å². The molecule has 0 aliphatic heterocycles. The van der Waals surface area contributed by atoms with Crippen LogP contribution in [0.15, 0.2) is 15.9 Å². The number of rotatable bonds is 2. The maximum absolute atomic E-state index is 6.09. The molecular formula is C11H16BrNS. The number of hydrogen-bond donors (Lipinski definition) is 1. The molecule has 0 amide bonds. The summed E-state index contributed by atoms with van der Waals surface area (Å²) >= 11 is 5.36. The summed E-state index contributed by atoms with van der Waals surface area (Å²) in [6, 6.07) is 2.63. The molecule has 1 heterocycles. The lowest BCUT2D eigenvalue weighted by Gasteiger charge is -2.52. The minimum Gasteiger partial charge on any atom is -0.327 e. The van der Waals surface area contributed by atoms with Gasteiger partial charge in [-0.05, 0) is 40.3 Å². The second-order valence-electron chi connectivity index (χ2n) is 4.42. The van der Waals surface area contributed by atoms with Gasteiger partial charge in [0.25, 0.3) is 0 Å². The summed E-state index contributed by atoms with van der Waals surface area (Å²) in [6.45, 7) is 4.56. The van der Waals surface area contributed by atoms with Crippen molar-refractivity contribution >= 4 is 27.3 Å². The summed E-state index contributed by atoms with van der Waals surface area (Å²) in [5.74, 6) is 0.679. The van der Waals surface area contributed by atoms with Crippen LogP contribution in [0, 0.1) is 5.41 Å². The van der Waals surface area contributed by atoms with Crippen molar-refractivity contribution in [2.75, 3.05) is 0 Å². The van der Waals surface area contributed by atoms with Gasteiger partial charge in [-0.15, -0.1) is 11.3 Å². The summed E-state index contributed by atoms with van der Waals surface area (Å²) in [6.07, 6.45) is 2.33. The van der Waals surface area contributed by atoms with Crippen molar-refractivity contribution in [1.29, 1.82) is 0 Å². The first-order chi connectivity index (χ1) is 6.58. The lowest BCUT2D eigenvalue weighted by atomic mass is 9.56. The zero-order valence-corrected chi connectivity index (χ0v) is 11.0. The van der Waals surface area contributed by atoms with E-state index in [4.69, 9.17) is 5.73 Å². The van der Waals surface area contributed by atoms with Gasteiger partial charge in [-0.25, -0.2) is 0 Å². The van der Waals surface area contributed by atoms with Crippen molar-refractivity contribution in [3.63, 3.8) is 0 Å². The Morgan fingerprint density at radius 3 is 2.86 bits per heavy atom. The van der Waals surface area contributed by atoms with Crippen molar-refractivity contribution in [3.05, 3.63) is 20.8 Å². The van der Waals surface area contributed by atoms with E-state index < -0.39 is 0 Å². The molecule has 3 heteroatoms. The summed E-state index contributed by atoms with van der Waals surface area (Å²) in [5, 5.41) is 2.16. The minimum atomic E-state index is 0.324. The van der Waals surface area contributed by atoms with Crippen molar-refractivity contribution < 1.29 is 0 Å². The first-order valence-corrected chi connectivity index (χ1v) is 6.74. The third-order valence-corrected chi connectivity index (χ3v) is 5.63. The van der Waals surface area contributed by atoms with Gasteiger partial charge in [0.1, 0.15) is 0 Å². The second-order valence-corrected chi connectivity index (χ2v) is 6.28. The maximum Gasteiger partial charge on any atom is 0.0285 e. The average Bonchev–Trinajstić information content (AvgIpc) is 2.59. The molecule has 1 fully saturated rings. The fourth-order valence-corrected chi connectivity index (χ4v) is 4.07. The SMILES string of the molecule is CCC1(C)C(N)CC1c1cc(Br)cs1. The van der Waals surface area contributed by atoms with E-state index >= 15 is 0 Å². The lowest BCUT2D eigenvalue weighted by Crippen LogP contribution is -2.54. The Morgan fingerprint density at radius 1 is 1.71 bits per heavy atom. The van der Waals surface area contributed by atoms with E-state index in [0.29, 0.717) is 17.4 Å². The third-order valence-electron chi connectivity index (χ3n) is 3.83. The number of halogens is 1. The summed E-state index contributed by atoms with van der Waals surface area (Å²) in [4.78, 5) is 1.49. The quantitative estimate of drug-likeness (QED) is 0.873. The monoisotopic (exact) mass is 273 g/mol. The largest absolute Gasteiger partial charge is 0.327 e. The van der Waals surface area contributed by atoms with Crippen LogP contribution in [0.1, 0.15) is 37.5 Å². The number of thiophene rings is 1. The Morgan fingerprint density at radius 2 is 2.43 bits per heavy atom. The molecule has 78 valence electrons. The predicted molar refractivity (Wildman–Crippen MR) is 65.8 cm³/mol. The van der Waals surface area contributed by atoms with Crippen LogP contribution in [0.5, 0.6) is 0 Å². The number of nitrogens with two attached hydrogens (primary N) is 1. The molecule has 2 rings (SSSR count). The van der Waals surface area contributed by atoms with Crippen LogP contribution >= 0.6 is 27.3 Å². The zero-order valence-electron chi connectivity index (χ0n) is 8.59. The van der Waals surface area contributed by atoms with Crippen LogP contribution in [0.2, 0.25) is 0 Å². The van der Waals surface area contributed by atoms with Crippen molar-refractivity contribution in [3.8, 4) is 0 Å². The second kappa shape index (κ2) is 3.62. The number of hydrogen-bond acceptors (Lipinski definition) is 2. The van der Waals surface area contributed by atoms with Gasteiger partial charge in [0.05, 0.1) is 0 Å². The first-order valence-electron chi connectivity index (χ1n) is 5.07. The Bertz CT molecular complexity index is 336. The maximum atomic E-state index is 6.09. The van der Waals surface area contributed by atoms with E-state index in [0.717, 1.165) is 6.42 Å². The van der Waals surface area contributed by atoms with Crippen LogP contribution in [-0.4, -0.2) is 6.04 Å². The zero-order chi connectivity index (χ0) is 10.3. The van der Waals surface area contributed by atoms with Gasteiger partial charge in [-0.2, -0.15) is 0 Å². The van der Waals surface area contributed by atoms with E-state index in [2.05, 4.69) is 41.2 Å². The Hall–Kier alpha value is 0.140. The molecule has 1 aliphatic rings. The lowest BCUT2D eigenvalue weighted by molar-refractivity contribution is 0.0728. The average molecular weight is 274 g/mol. The molecule has 1 aliphatic carbocycles. The highest BCUT2D eigenvalue weighted by Gasteiger charge is 2.49. The Balaban J connectivity index is 2.22. The normalized spacial score (nSPS) is 36.9. The fraction of sp³-hybridized carbons (Fsp3) is 0.636. The molecule has 0 aromatic carbocycles. The van der Waals surface area contributed by atoms with Crippen molar-refractivity contribution in [2.45, 2.75) is 38.6 Å². The van der Waals surface area contributed by atoms with Crippen LogP contribution in [-0.2, 0) is 0 Å². The molecule has 0 bridgehead atoms. The molecule has 3 unspecified atom stereocenters. The van der Waals surface area contributed by atoms with E-state index in [1.54, 1.807) is 0 Å². The van der Waals surface area contributed by atoms with Gasteiger partial charge in [-0.3, -0.25) is 0 Å². The predicted octanol–water partition coefficient (Wildman–Crippen LogP) is 3.74. The Labute approximate surface area is 97.8 Å². The van der Waals surface area contributed by atoms with E-state index in [9.17, 15) is 0 Å². The van der Waals surface area contributed by atoms with Gasteiger partial charge in [0.2, 0.25) is 0 Å². The Kier molecular flexibility index (Phi) is 2.75. The van der Waals surface area contributed by atoms with Gasteiger partial charge in [0.15, 0.2) is 0 Å². The smallest absolute Gasteiger partial charge is 0.0285 e. The molecule has 1 nitrogen and oxygen atoms in total. The molecule has 0 radical (unpaired) electrons. The van der Waals surface area contributed by atoms with Crippen LogP contribution in [0.25, 0.3) is 0 Å². The molecule has 2 N–H and O–H groups in total. The molecule has 1 aromatic heterocycles. The van der Waals surface area contributed by atoms with E-state index in [1.807, 2.05) is 11.3 Å². The molecule has 1 aromatic rings. The van der Waals surface area contributed by atoms with Crippen LogP contribution in [0.4, 0.5) is 0 Å². The highest BCUT2D eigenvalue weighted by atomic mass is 79.9. The first kappa shape index (κ1) is 10.7. The van der Waals surface area contributed by atoms with Crippen molar-refractivity contribution in [2.24, 2.45) is 11.1 Å². The van der Waals surface area contributed by atoms with Crippen molar-refractivity contribution in [1.82, 2.24) is 0 Å². The van der Waals surface area contributed by atoms with Gasteiger partial charge in [0, 0.05) is 26.7 Å². The highest BCUT2D eigenvalue weighted by Crippen LogP contribution is 2.55. The standard InChI is InChI=1S/C11H16BrNS/c1-3-11(2)8(5-10(11)13)9-4-7(12)6-14-9/h4,6,8,10H,3,5,13H2,1-2H3. The van der Waals surface area contributed by atoms with Crippen LogP contribution in [0.3, 0.4) is 0 Å². The van der Waals surface area contributed by atoms with Crippen LogP contribution < -0.4 is 5.73 Å². The molecule has 3 atom stereocenters. The van der Waals surface area contributed by atoms with E-state index in [-0.39, 0.29) is 0 Å². The van der Waals surface area contributed by atoms with E-state index in [1.165, 1.54) is 15.8 Å². The molecule has 0 spiro atoms. The molecule has 0 saturated heterocycles.